The summed E-state index contributed by atoms with van der Waals surface area (Å²) in [5, 5.41) is 0. The van der Waals surface area contributed by atoms with Gasteiger partial charge in [0.15, 0.2) is 0 Å². The van der Waals surface area contributed by atoms with E-state index in [9.17, 15) is 0 Å². The Morgan fingerprint density at radius 2 is 1.78 bits per heavy atom. The lowest BCUT2D eigenvalue weighted by Crippen LogP contribution is -2.05. The molecule has 4 heteroatoms. The van der Waals surface area contributed by atoms with E-state index >= 15 is 0 Å². The fourth-order valence-electron chi connectivity index (χ4n) is 0.497. The van der Waals surface area contributed by atoms with Crippen LogP contribution >= 0.6 is 15.8 Å². The van der Waals surface area contributed by atoms with Crippen molar-refractivity contribution in [3.8, 4) is 0 Å². The molecule has 0 saturated heterocycles. The quantitative estimate of drug-likeness (QED) is 0.470. The predicted molar refractivity (Wildman–Crippen MR) is 54.9 cm³/mol. The molecule has 0 N–H and O–H groups in total. The minimum absolute atomic E-state index is 0.242. The lowest BCUT2D eigenvalue weighted by Gasteiger charge is -2.30. The first-order valence-electron chi connectivity index (χ1n) is 2.70. The van der Waals surface area contributed by atoms with Crippen molar-refractivity contribution in [3.63, 3.8) is 0 Å². The van der Waals surface area contributed by atoms with Crippen LogP contribution in [0.15, 0.2) is 0 Å². The van der Waals surface area contributed by atoms with Gasteiger partial charge in [0.25, 0.3) is 0 Å². The summed E-state index contributed by atoms with van der Waals surface area (Å²) in [6.07, 6.45) is 0. The molecule has 56 valence electrons. The molecule has 0 amide bonds. The van der Waals surface area contributed by atoms with Gasteiger partial charge in [-0.05, 0) is 6.66 Å². The first kappa shape index (κ1) is 10.3. The van der Waals surface area contributed by atoms with Crippen molar-refractivity contribution >= 4 is 39.9 Å². The molecule has 0 radical (unpaired) electrons. The van der Waals surface area contributed by atoms with Gasteiger partial charge in [-0.25, -0.2) is 0 Å². The SMILES string of the molecule is CC(C)(C)SP(C)(=S)[S-]. The summed E-state index contributed by atoms with van der Waals surface area (Å²) in [7, 11) is 0. The Kier molecular flexibility index (Phi) is 3.64. The molecule has 0 heterocycles. The van der Waals surface area contributed by atoms with Crippen molar-refractivity contribution < 1.29 is 0 Å². The van der Waals surface area contributed by atoms with E-state index in [-0.39, 0.29) is 4.75 Å². The summed E-state index contributed by atoms with van der Waals surface area (Å²) >= 11 is 12.0. The Balaban J connectivity index is 3.90. The minimum atomic E-state index is -1.45. The van der Waals surface area contributed by atoms with E-state index in [0.29, 0.717) is 0 Å². The minimum Gasteiger partial charge on any atom is -0.736 e. The van der Waals surface area contributed by atoms with Gasteiger partial charge in [-0.2, -0.15) is 0 Å². The number of rotatable bonds is 1. The molecule has 0 spiro atoms. The Bertz CT molecular complexity index is 130. The second-order valence-corrected chi connectivity index (χ2v) is 15.1. The average Bonchev–Trinajstić information content (AvgIpc) is 1.14. The van der Waals surface area contributed by atoms with Crippen LogP contribution in [0.5, 0.6) is 0 Å². The maximum absolute atomic E-state index is 5.12. The Morgan fingerprint density at radius 3 is 1.78 bits per heavy atom. The summed E-state index contributed by atoms with van der Waals surface area (Å²) in [5.41, 5.74) is 0. The smallest absolute Gasteiger partial charge is 0.0106 e. The van der Waals surface area contributed by atoms with Crippen LogP contribution in [-0.4, -0.2) is 11.4 Å². The predicted octanol–water partition coefficient (Wildman–Crippen LogP) is 3.00. The molecular formula is C5H12PS3-. The Morgan fingerprint density at radius 1 is 1.44 bits per heavy atom. The van der Waals surface area contributed by atoms with Crippen molar-refractivity contribution in [3.05, 3.63) is 0 Å². The molecular weight excluding hydrogens is 187 g/mol. The van der Waals surface area contributed by atoms with Crippen LogP contribution < -0.4 is 0 Å². The fourth-order valence-corrected chi connectivity index (χ4v) is 8.50. The zero-order valence-corrected chi connectivity index (χ0v) is 9.52. The van der Waals surface area contributed by atoms with E-state index < -0.39 is 4.44 Å². The molecule has 0 aromatic carbocycles. The zero-order chi connectivity index (χ0) is 7.71. The molecule has 9 heavy (non-hydrogen) atoms. The highest BCUT2D eigenvalue weighted by Crippen LogP contribution is 2.58. The molecule has 1 unspecified atom stereocenters. The summed E-state index contributed by atoms with van der Waals surface area (Å²) in [6, 6.07) is 0. The highest BCUT2D eigenvalue weighted by Gasteiger charge is 2.11. The first-order chi connectivity index (χ1) is 3.71. The van der Waals surface area contributed by atoms with Gasteiger partial charge in [-0.1, -0.05) is 20.8 Å². The normalized spacial score (nSPS) is 19.2. The fraction of sp³-hybridized carbons (Fsp3) is 1.00. The van der Waals surface area contributed by atoms with Crippen LogP contribution in [0, 0.1) is 0 Å². The second kappa shape index (κ2) is 3.17. The van der Waals surface area contributed by atoms with Gasteiger partial charge < -0.3 is 12.2 Å². The third-order valence-electron chi connectivity index (χ3n) is 0.440. The zero-order valence-electron chi connectivity index (χ0n) is 6.17. The van der Waals surface area contributed by atoms with E-state index in [2.05, 4.69) is 20.8 Å². The van der Waals surface area contributed by atoms with E-state index in [4.69, 9.17) is 24.1 Å². The number of hydrogen-bond donors (Lipinski definition) is 0. The van der Waals surface area contributed by atoms with E-state index in [1.165, 1.54) is 0 Å². The Labute approximate surface area is 72.1 Å². The van der Waals surface area contributed by atoms with E-state index in [0.717, 1.165) is 0 Å². The van der Waals surface area contributed by atoms with Crippen LogP contribution in [0.25, 0.3) is 0 Å². The number of hydrogen-bond acceptors (Lipinski definition) is 3. The molecule has 0 rings (SSSR count). The van der Waals surface area contributed by atoms with Crippen molar-refractivity contribution in [1.29, 1.82) is 0 Å². The molecule has 0 aliphatic rings. The molecule has 0 aromatic heterocycles. The summed E-state index contributed by atoms with van der Waals surface area (Å²) < 4.78 is -1.21. The van der Waals surface area contributed by atoms with E-state index in [1.807, 2.05) is 6.66 Å². The van der Waals surface area contributed by atoms with Gasteiger partial charge in [-0.3, -0.25) is 0 Å². The maximum atomic E-state index is 5.12. The van der Waals surface area contributed by atoms with Gasteiger partial charge in [0, 0.05) is 4.75 Å². The summed E-state index contributed by atoms with van der Waals surface area (Å²) in [5.74, 6) is 0. The van der Waals surface area contributed by atoms with Crippen LogP contribution in [0.4, 0.5) is 0 Å². The van der Waals surface area contributed by atoms with Gasteiger partial charge in [0.1, 0.15) is 0 Å². The third-order valence-corrected chi connectivity index (χ3v) is 5.30. The van der Waals surface area contributed by atoms with Crippen molar-refractivity contribution in [2.75, 3.05) is 6.66 Å². The second-order valence-electron chi connectivity index (χ2n) is 2.97. The first-order valence-corrected chi connectivity index (χ1v) is 8.38. The van der Waals surface area contributed by atoms with Crippen molar-refractivity contribution in [2.24, 2.45) is 0 Å². The van der Waals surface area contributed by atoms with Gasteiger partial charge in [-0.15, -0.1) is 27.6 Å². The van der Waals surface area contributed by atoms with Crippen LogP contribution in [0.2, 0.25) is 0 Å². The van der Waals surface area contributed by atoms with Crippen LogP contribution in [-0.2, 0) is 24.1 Å². The molecule has 1 atom stereocenters. The third kappa shape index (κ3) is 9.35. The highest BCUT2D eigenvalue weighted by molar-refractivity contribution is 8.92. The van der Waals surface area contributed by atoms with Gasteiger partial charge in [0.05, 0.1) is 0 Å². The summed E-state index contributed by atoms with van der Waals surface area (Å²) in [4.78, 5) is 0. The molecule has 0 nitrogen and oxygen atoms in total. The molecule has 0 aliphatic carbocycles. The molecule has 0 bridgehead atoms. The Hall–Kier alpha value is 1.35. The van der Waals surface area contributed by atoms with Crippen LogP contribution in [0.3, 0.4) is 0 Å². The van der Waals surface area contributed by atoms with E-state index in [1.54, 1.807) is 11.4 Å². The lowest BCUT2D eigenvalue weighted by atomic mass is 10.3. The molecule has 0 aliphatic heterocycles. The maximum Gasteiger partial charge on any atom is 0.0106 e. The average molecular weight is 199 g/mol. The van der Waals surface area contributed by atoms with Gasteiger partial charge in [0.2, 0.25) is 0 Å². The molecule has 0 saturated carbocycles. The van der Waals surface area contributed by atoms with Gasteiger partial charge >= 0.3 is 0 Å². The van der Waals surface area contributed by atoms with Crippen molar-refractivity contribution in [2.45, 2.75) is 25.5 Å². The van der Waals surface area contributed by atoms with Crippen molar-refractivity contribution in [1.82, 2.24) is 0 Å². The topological polar surface area (TPSA) is 0 Å². The standard InChI is InChI=1S/C5H13PS3/c1-5(2,3)9-6(4,7)8/h1-4H3,(H,7,8)/p-1. The lowest BCUT2D eigenvalue weighted by molar-refractivity contribution is 0.810. The monoisotopic (exact) mass is 199 g/mol. The van der Waals surface area contributed by atoms with Crippen LogP contribution in [0.1, 0.15) is 20.8 Å². The molecule has 0 aromatic rings. The molecule has 0 fully saturated rings. The highest BCUT2D eigenvalue weighted by atomic mass is 33.2. The largest absolute Gasteiger partial charge is 0.736 e. The summed E-state index contributed by atoms with van der Waals surface area (Å²) in [6.45, 7) is 8.44.